The molecule has 1 atom stereocenters. The van der Waals surface area contributed by atoms with E-state index < -0.39 is 0 Å². The summed E-state index contributed by atoms with van der Waals surface area (Å²) < 4.78 is 0. The second-order valence-corrected chi connectivity index (χ2v) is 4.61. The summed E-state index contributed by atoms with van der Waals surface area (Å²) in [4.78, 5) is 0. The van der Waals surface area contributed by atoms with Crippen LogP contribution in [0.25, 0.3) is 0 Å². The molecule has 0 fully saturated rings. The van der Waals surface area contributed by atoms with Crippen LogP contribution in [-0.2, 0) is 6.42 Å². The molecule has 0 bridgehead atoms. The third kappa shape index (κ3) is 1.69. The maximum atomic E-state index is 6.07. The van der Waals surface area contributed by atoms with Crippen molar-refractivity contribution in [3.05, 3.63) is 34.9 Å². The molecule has 0 spiro atoms. The molecule has 0 unspecified atom stereocenters. The van der Waals surface area contributed by atoms with Crippen LogP contribution < -0.4 is 5.73 Å². The summed E-state index contributed by atoms with van der Waals surface area (Å²) >= 11 is 0. The van der Waals surface area contributed by atoms with Gasteiger partial charge in [-0.05, 0) is 41.9 Å². The Bertz CT molecular complexity index is 328. The van der Waals surface area contributed by atoms with E-state index in [0.717, 1.165) is 6.42 Å². The average Bonchev–Trinajstić information content (AvgIpc) is 2.17. The SMILES string of the molecule is CC(C)c1ccc2c(c1)CCC[C@@H]2N. The van der Waals surface area contributed by atoms with Crippen molar-refractivity contribution in [2.75, 3.05) is 0 Å². The fraction of sp³-hybridized carbons (Fsp3) is 0.538. The Balaban J connectivity index is 2.39. The van der Waals surface area contributed by atoms with Gasteiger partial charge in [0.15, 0.2) is 0 Å². The molecule has 1 nitrogen and oxygen atoms in total. The molecule has 2 rings (SSSR count). The van der Waals surface area contributed by atoms with E-state index in [-0.39, 0.29) is 6.04 Å². The van der Waals surface area contributed by atoms with E-state index in [0.29, 0.717) is 5.92 Å². The molecule has 1 aromatic rings. The first-order valence-corrected chi connectivity index (χ1v) is 5.57. The lowest BCUT2D eigenvalue weighted by molar-refractivity contribution is 0.569. The summed E-state index contributed by atoms with van der Waals surface area (Å²) in [5, 5.41) is 0. The van der Waals surface area contributed by atoms with Crippen molar-refractivity contribution in [1.29, 1.82) is 0 Å². The van der Waals surface area contributed by atoms with Crippen LogP contribution >= 0.6 is 0 Å². The Kier molecular flexibility index (Phi) is 2.60. The Morgan fingerprint density at radius 1 is 1.36 bits per heavy atom. The van der Waals surface area contributed by atoms with E-state index in [1.807, 2.05) is 0 Å². The lowest BCUT2D eigenvalue weighted by Gasteiger charge is -2.23. The summed E-state index contributed by atoms with van der Waals surface area (Å²) in [7, 11) is 0. The standard InChI is InChI=1S/C13H19N/c1-9(2)10-6-7-12-11(8-10)4-3-5-13(12)14/h6-9,13H,3-5,14H2,1-2H3/t13-/m0/s1. The topological polar surface area (TPSA) is 26.0 Å². The largest absolute Gasteiger partial charge is 0.324 e. The molecule has 0 heterocycles. The Morgan fingerprint density at radius 2 is 2.14 bits per heavy atom. The van der Waals surface area contributed by atoms with Gasteiger partial charge in [-0.2, -0.15) is 0 Å². The zero-order chi connectivity index (χ0) is 10.1. The molecule has 2 N–H and O–H groups in total. The quantitative estimate of drug-likeness (QED) is 0.721. The van der Waals surface area contributed by atoms with Crippen LogP contribution in [0.3, 0.4) is 0 Å². The van der Waals surface area contributed by atoms with Crippen LogP contribution in [0.5, 0.6) is 0 Å². The zero-order valence-electron chi connectivity index (χ0n) is 9.09. The van der Waals surface area contributed by atoms with Gasteiger partial charge in [-0.1, -0.05) is 32.0 Å². The number of rotatable bonds is 1. The number of hydrogen-bond donors (Lipinski definition) is 1. The monoisotopic (exact) mass is 189 g/mol. The molecule has 0 aliphatic heterocycles. The molecule has 1 aromatic carbocycles. The molecular formula is C13H19N. The third-order valence-electron chi connectivity index (χ3n) is 3.19. The van der Waals surface area contributed by atoms with E-state index in [2.05, 4.69) is 32.0 Å². The summed E-state index contributed by atoms with van der Waals surface area (Å²) in [6.45, 7) is 4.48. The molecule has 0 radical (unpaired) electrons. The van der Waals surface area contributed by atoms with Crippen LogP contribution in [0.2, 0.25) is 0 Å². The van der Waals surface area contributed by atoms with Gasteiger partial charge in [-0.25, -0.2) is 0 Å². The van der Waals surface area contributed by atoms with Gasteiger partial charge in [-0.3, -0.25) is 0 Å². The van der Waals surface area contributed by atoms with Gasteiger partial charge in [0.25, 0.3) is 0 Å². The molecule has 1 aliphatic rings. The van der Waals surface area contributed by atoms with Crippen molar-refractivity contribution < 1.29 is 0 Å². The van der Waals surface area contributed by atoms with Gasteiger partial charge in [0.1, 0.15) is 0 Å². The number of aryl methyl sites for hydroxylation is 1. The van der Waals surface area contributed by atoms with Crippen molar-refractivity contribution in [3.63, 3.8) is 0 Å². The summed E-state index contributed by atoms with van der Waals surface area (Å²) in [5.41, 5.74) is 10.4. The second-order valence-electron chi connectivity index (χ2n) is 4.61. The van der Waals surface area contributed by atoms with Crippen molar-refractivity contribution in [3.8, 4) is 0 Å². The Labute approximate surface area is 86.3 Å². The molecule has 1 aliphatic carbocycles. The van der Waals surface area contributed by atoms with Gasteiger partial charge in [0, 0.05) is 6.04 Å². The lowest BCUT2D eigenvalue weighted by Crippen LogP contribution is -2.17. The minimum atomic E-state index is 0.278. The normalized spacial score (nSPS) is 21.0. The summed E-state index contributed by atoms with van der Waals surface area (Å²) in [6, 6.07) is 7.09. The van der Waals surface area contributed by atoms with E-state index in [1.54, 1.807) is 0 Å². The molecule has 0 saturated carbocycles. The van der Waals surface area contributed by atoms with Crippen LogP contribution in [0.1, 0.15) is 55.3 Å². The van der Waals surface area contributed by atoms with Crippen LogP contribution in [0.4, 0.5) is 0 Å². The first-order valence-electron chi connectivity index (χ1n) is 5.57. The van der Waals surface area contributed by atoms with Gasteiger partial charge in [0.2, 0.25) is 0 Å². The first kappa shape index (κ1) is 9.72. The van der Waals surface area contributed by atoms with Crippen molar-refractivity contribution in [2.24, 2.45) is 5.73 Å². The highest BCUT2D eigenvalue weighted by Gasteiger charge is 2.16. The highest BCUT2D eigenvalue weighted by Crippen LogP contribution is 2.30. The maximum Gasteiger partial charge on any atom is 0.0297 e. The van der Waals surface area contributed by atoms with Gasteiger partial charge in [-0.15, -0.1) is 0 Å². The molecule has 0 amide bonds. The van der Waals surface area contributed by atoms with Crippen LogP contribution in [0.15, 0.2) is 18.2 Å². The fourth-order valence-electron chi connectivity index (χ4n) is 2.23. The predicted octanol–water partition coefficient (Wildman–Crippen LogP) is 3.15. The molecular weight excluding hydrogens is 170 g/mol. The average molecular weight is 189 g/mol. The Morgan fingerprint density at radius 3 is 2.86 bits per heavy atom. The van der Waals surface area contributed by atoms with Crippen LogP contribution in [0, 0.1) is 0 Å². The van der Waals surface area contributed by atoms with E-state index in [9.17, 15) is 0 Å². The number of nitrogens with two attached hydrogens (primary N) is 1. The Hall–Kier alpha value is -0.820. The second kappa shape index (κ2) is 3.74. The van der Waals surface area contributed by atoms with E-state index in [4.69, 9.17) is 5.73 Å². The molecule has 14 heavy (non-hydrogen) atoms. The minimum absolute atomic E-state index is 0.278. The highest BCUT2D eigenvalue weighted by atomic mass is 14.6. The zero-order valence-corrected chi connectivity index (χ0v) is 9.09. The van der Waals surface area contributed by atoms with Crippen molar-refractivity contribution in [2.45, 2.75) is 45.1 Å². The van der Waals surface area contributed by atoms with Gasteiger partial charge >= 0.3 is 0 Å². The molecule has 1 heteroatoms. The number of fused-ring (bicyclic) bond motifs is 1. The fourth-order valence-corrected chi connectivity index (χ4v) is 2.23. The number of benzene rings is 1. The van der Waals surface area contributed by atoms with E-state index >= 15 is 0 Å². The summed E-state index contributed by atoms with van der Waals surface area (Å²) in [6.07, 6.45) is 3.60. The highest BCUT2D eigenvalue weighted by molar-refractivity contribution is 5.36. The predicted molar refractivity (Wildman–Crippen MR) is 60.4 cm³/mol. The van der Waals surface area contributed by atoms with Gasteiger partial charge in [0.05, 0.1) is 0 Å². The minimum Gasteiger partial charge on any atom is -0.324 e. The smallest absolute Gasteiger partial charge is 0.0297 e. The van der Waals surface area contributed by atoms with Crippen molar-refractivity contribution in [1.82, 2.24) is 0 Å². The lowest BCUT2D eigenvalue weighted by atomic mass is 9.85. The molecule has 0 saturated heterocycles. The van der Waals surface area contributed by atoms with Crippen molar-refractivity contribution >= 4 is 0 Å². The molecule has 76 valence electrons. The first-order chi connectivity index (χ1) is 6.68. The van der Waals surface area contributed by atoms with Crippen LogP contribution in [-0.4, -0.2) is 0 Å². The van der Waals surface area contributed by atoms with E-state index in [1.165, 1.54) is 29.5 Å². The maximum absolute atomic E-state index is 6.07. The molecule has 0 aromatic heterocycles. The number of hydrogen-bond acceptors (Lipinski definition) is 1. The summed E-state index contributed by atoms with van der Waals surface area (Å²) in [5.74, 6) is 0.624. The van der Waals surface area contributed by atoms with Gasteiger partial charge < -0.3 is 5.73 Å². The third-order valence-corrected chi connectivity index (χ3v) is 3.19.